The van der Waals surface area contributed by atoms with E-state index in [1.807, 2.05) is 25.7 Å². The normalized spacial score (nSPS) is 22.1. The Labute approximate surface area is 91.8 Å². The summed E-state index contributed by atoms with van der Waals surface area (Å²) < 4.78 is 5.70. The van der Waals surface area contributed by atoms with Gasteiger partial charge in [0, 0.05) is 6.54 Å². The molecule has 4 heteroatoms. The molecule has 1 aliphatic rings. The van der Waals surface area contributed by atoms with Crippen molar-refractivity contribution in [3.63, 3.8) is 0 Å². The second kappa shape index (κ2) is 4.94. The lowest BCUT2D eigenvalue weighted by atomic mass is 10.2. The molecule has 1 atom stereocenters. The number of nitrogens with zero attached hydrogens (tertiary/aromatic N) is 1. The zero-order valence-electron chi connectivity index (χ0n) is 9.95. The number of nitrogens with two attached hydrogens (primary N) is 1. The number of ether oxygens (including phenoxy) is 1. The van der Waals surface area contributed by atoms with Crippen molar-refractivity contribution in [2.24, 2.45) is 5.73 Å². The molecule has 1 aliphatic heterocycles. The maximum atomic E-state index is 11.5. The van der Waals surface area contributed by atoms with Gasteiger partial charge in [0.05, 0.1) is 24.8 Å². The monoisotopic (exact) mass is 214 g/mol. The summed E-state index contributed by atoms with van der Waals surface area (Å²) in [6.45, 7) is 7.63. The van der Waals surface area contributed by atoms with Crippen molar-refractivity contribution in [2.75, 3.05) is 19.7 Å². The van der Waals surface area contributed by atoms with Gasteiger partial charge in [-0.2, -0.15) is 0 Å². The number of carbonyl (C=O) groups excluding carboxylic acids is 1. The van der Waals surface area contributed by atoms with Gasteiger partial charge in [-0.05, 0) is 33.6 Å². The number of rotatable bonds is 3. The molecule has 0 saturated carbocycles. The van der Waals surface area contributed by atoms with Gasteiger partial charge in [0.25, 0.3) is 0 Å². The van der Waals surface area contributed by atoms with Gasteiger partial charge in [-0.25, -0.2) is 0 Å². The molecular weight excluding hydrogens is 192 g/mol. The molecule has 1 unspecified atom stereocenters. The van der Waals surface area contributed by atoms with Gasteiger partial charge >= 0.3 is 0 Å². The van der Waals surface area contributed by atoms with E-state index in [9.17, 15) is 4.79 Å². The molecule has 1 amide bonds. The highest BCUT2D eigenvalue weighted by molar-refractivity contribution is 5.78. The minimum absolute atomic E-state index is 0.0370. The van der Waals surface area contributed by atoms with E-state index in [2.05, 4.69) is 0 Å². The molecule has 0 spiro atoms. The molecule has 0 radical (unpaired) electrons. The predicted molar refractivity (Wildman–Crippen MR) is 59.5 cm³/mol. The van der Waals surface area contributed by atoms with Crippen molar-refractivity contribution in [1.82, 2.24) is 4.90 Å². The topological polar surface area (TPSA) is 55.6 Å². The molecular formula is C11H22N2O2. The van der Waals surface area contributed by atoms with Crippen LogP contribution in [0.3, 0.4) is 0 Å². The SMILES string of the molecule is CC(C)(C)OCC1CCCN1C(=O)CN. The minimum Gasteiger partial charge on any atom is -0.374 e. The first-order chi connectivity index (χ1) is 6.94. The summed E-state index contributed by atoms with van der Waals surface area (Å²) in [6.07, 6.45) is 2.09. The third-order valence-corrected chi connectivity index (χ3v) is 2.58. The molecule has 2 N–H and O–H groups in total. The summed E-state index contributed by atoms with van der Waals surface area (Å²) in [4.78, 5) is 13.3. The Morgan fingerprint density at radius 2 is 2.20 bits per heavy atom. The largest absolute Gasteiger partial charge is 0.374 e. The highest BCUT2D eigenvalue weighted by atomic mass is 16.5. The van der Waals surface area contributed by atoms with Crippen molar-refractivity contribution in [3.05, 3.63) is 0 Å². The Bertz CT molecular complexity index is 223. The van der Waals surface area contributed by atoms with E-state index in [0.29, 0.717) is 6.61 Å². The predicted octanol–water partition coefficient (Wildman–Crippen LogP) is 0.751. The Morgan fingerprint density at radius 3 is 2.73 bits per heavy atom. The Kier molecular flexibility index (Phi) is 4.11. The molecule has 88 valence electrons. The Balaban J connectivity index is 2.43. The fraction of sp³-hybridized carbons (Fsp3) is 0.909. The lowest BCUT2D eigenvalue weighted by molar-refractivity contribution is -0.132. The van der Waals surface area contributed by atoms with Crippen LogP contribution in [-0.4, -0.2) is 42.1 Å². The van der Waals surface area contributed by atoms with Crippen LogP contribution in [0, 0.1) is 0 Å². The summed E-state index contributed by atoms with van der Waals surface area (Å²) in [5.74, 6) is 0.0370. The number of carbonyl (C=O) groups is 1. The maximum absolute atomic E-state index is 11.5. The minimum atomic E-state index is -0.139. The Hall–Kier alpha value is -0.610. The zero-order valence-corrected chi connectivity index (χ0v) is 9.95. The zero-order chi connectivity index (χ0) is 11.5. The first-order valence-electron chi connectivity index (χ1n) is 5.57. The fourth-order valence-corrected chi connectivity index (χ4v) is 1.80. The highest BCUT2D eigenvalue weighted by Crippen LogP contribution is 2.19. The molecule has 0 bridgehead atoms. The smallest absolute Gasteiger partial charge is 0.236 e. The molecule has 0 aromatic rings. The van der Waals surface area contributed by atoms with Crippen LogP contribution >= 0.6 is 0 Å². The lowest BCUT2D eigenvalue weighted by Gasteiger charge is -2.28. The molecule has 0 aromatic carbocycles. The molecule has 0 aliphatic carbocycles. The van der Waals surface area contributed by atoms with Crippen LogP contribution in [-0.2, 0) is 9.53 Å². The van der Waals surface area contributed by atoms with E-state index >= 15 is 0 Å². The van der Waals surface area contributed by atoms with Crippen LogP contribution in [0.4, 0.5) is 0 Å². The van der Waals surface area contributed by atoms with Crippen LogP contribution in [0.5, 0.6) is 0 Å². The molecule has 1 heterocycles. The van der Waals surface area contributed by atoms with E-state index in [1.54, 1.807) is 0 Å². The quantitative estimate of drug-likeness (QED) is 0.754. The summed E-state index contributed by atoms with van der Waals surface area (Å²) in [5.41, 5.74) is 5.23. The molecule has 1 fully saturated rings. The van der Waals surface area contributed by atoms with Gasteiger partial charge in [0.2, 0.25) is 5.91 Å². The van der Waals surface area contributed by atoms with E-state index < -0.39 is 0 Å². The highest BCUT2D eigenvalue weighted by Gasteiger charge is 2.29. The average Bonchev–Trinajstić information content (AvgIpc) is 2.60. The van der Waals surface area contributed by atoms with Crippen LogP contribution in [0.25, 0.3) is 0 Å². The summed E-state index contributed by atoms with van der Waals surface area (Å²) in [7, 11) is 0. The second-order valence-corrected chi connectivity index (χ2v) is 5.01. The van der Waals surface area contributed by atoms with Crippen molar-refractivity contribution < 1.29 is 9.53 Å². The van der Waals surface area contributed by atoms with Crippen molar-refractivity contribution in [2.45, 2.75) is 45.3 Å². The third kappa shape index (κ3) is 3.80. The van der Waals surface area contributed by atoms with Gasteiger partial charge in [-0.1, -0.05) is 0 Å². The van der Waals surface area contributed by atoms with Gasteiger partial charge in [-0.3, -0.25) is 4.79 Å². The standard InChI is InChI=1S/C11H22N2O2/c1-11(2,3)15-8-9-5-4-6-13(9)10(14)7-12/h9H,4-8,12H2,1-3H3. The first-order valence-corrected chi connectivity index (χ1v) is 5.57. The van der Waals surface area contributed by atoms with E-state index in [-0.39, 0.29) is 24.1 Å². The number of hydrogen-bond donors (Lipinski definition) is 1. The van der Waals surface area contributed by atoms with Gasteiger partial charge in [-0.15, -0.1) is 0 Å². The average molecular weight is 214 g/mol. The van der Waals surface area contributed by atoms with Crippen molar-refractivity contribution in [1.29, 1.82) is 0 Å². The summed E-state index contributed by atoms with van der Waals surface area (Å²) >= 11 is 0. The van der Waals surface area contributed by atoms with Crippen LogP contribution in [0.2, 0.25) is 0 Å². The first kappa shape index (κ1) is 12.5. The third-order valence-electron chi connectivity index (χ3n) is 2.58. The van der Waals surface area contributed by atoms with Gasteiger partial charge in [0.1, 0.15) is 0 Å². The van der Waals surface area contributed by atoms with Crippen LogP contribution in [0.15, 0.2) is 0 Å². The summed E-state index contributed by atoms with van der Waals surface area (Å²) in [6, 6.07) is 0.222. The van der Waals surface area contributed by atoms with Crippen LogP contribution < -0.4 is 5.73 Å². The molecule has 1 saturated heterocycles. The van der Waals surface area contributed by atoms with Crippen molar-refractivity contribution >= 4 is 5.91 Å². The molecule has 0 aromatic heterocycles. The lowest BCUT2D eigenvalue weighted by Crippen LogP contribution is -2.42. The number of likely N-dealkylation sites (tertiary alicyclic amines) is 1. The molecule has 1 rings (SSSR count). The van der Waals surface area contributed by atoms with Crippen molar-refractivity contribution in [3.8, 4) is 0 Å². The van der Waals surface area contributed by atoms with E-state index in [1.165, 1.54) is 0 Å². The summed E-state index contributed by atoms with van der Waals surface area (Å²) in [5, 5.41) is 0. The van der Waals surface area contributed by atoms with Gasteiger partial charge in [0.15, 0.2) is 0 Å². The van der Waals surface area contributed by atoms with Crippen LogP contribution in [0.1, 0.15) is 33.6 Å². The Morgan fingerprint density at radius 1 is 1.53 bits per heavy atom. The molecule has 4 nitrogen and oxygen atoms in total. The fourth-order valence-electron chi connectivity index (χ4n) is 1.80. The second-order valence-electron chi connectivity index (χ2n) is 5.01. The van der Waals surface area contributed by atoms with E-state index in [0.717, 1.165) is 19.4 Å². The van der Waals surface area contributed by atoms with Gasteiger partial charge < -0.3 is 15.4 Å². The number of amides is 1. The maximum Gasteiger partial charge on any atom is 0.236 e. The van der Waals surface area contributed by atoms with E-state index in [4.69, 9.17) is 10.5 Å². The molecule has 15 heavy (non-hydrogen) atoms. The number of hydrogen-bond acceptors (Lipinski definition) is 3.